The quantitative estimate of drug-likeness (QED) is 0.681. The molecule has 0 spiro atoms. The lowest BCUT2D eigenvalue weighted by Crippen LogP contribution is -2.37. The molecule has 1 amide bonds. The summed E-state index contributed by atoms with van der Waals surface area (Å²) in [4.78, 5) is 43.3. The van der Waals surface area contributed by atoms with Crippen molar-refractivity contribution in [3.63, 3.8) is 0 Å². The molecular weight excluding hydrogens is 428 g/mol. The number of carbonyl (C=O) groups excluding carboxylic acids is 1. The molecule has 4 atom stereocenters. The van der Waals surface area contributed by atoms with Crippen LogP contribution in [0.1, 0.15) is 78.8 Å². The number of nitrogens with one attached hydrogen (secondary N) is 2. The van der Waals surface area contributed by atoms with Crippen molar-refractivity contribution in [3.05, 3.63) is 44.5 Å². The zero-order valence-corrected chi connectivity index (χ0v) is 20.9. The summed E-state index contributed by atoms with van der Waals surface area (Å²) in [5.74, 6) is 2.04. The van der Waals surface area contributed by atoms with Crippen LogP contribution in [0.15, 0.2) is 10.9 Å². The van der Waals surface area contributed by atoms with E-state index in [9.17, 15) is 9.59 Å². The Kier molecular flexibility index (Phi) is 5.86. The molecule has 1 unspecified atom stereocenters. The fourth-order valence-electron chi connectivity index (χ4n) is 5.95. The van der Waals surface area contributed by atoms with Gasteiger partial charge in [-0.1, -0.05) is 6.92 Å². The average Bonchev–Trinajstić information content (AvgIpc) is 3.24. The van der Waals surface area contributed by atoms with Crippen molar-refractivity contribution in [2.45, 2.75) is 91.4 Å². The van der Waals surface area contributed by atoms with Gasteiger partial charge in [-0.3, -0.25) is 9.59 Å². The Hall–Kier alpha value is -2.90. The maximum Gasteiger partial charge on any atom is 0.270 e. The largest absolute Gasteiger partial charge is 0.354 e. The summed E-state index contributed by atoms with van der Waals surface area (Å²) < 4.78 is 0. The van der Waals surface area contributed by atoms with Crippen LogP contribution in [0.5, 0.6) is 0 Å². The zero-order chi connectivity index (χ0) is 24.1. The molecule has 182 valence electrons. The number of nitrogens with zero attached hydrogens (tertiary/aromatic N) is 4. The van der Waals surface area contributed by atoms with Crippen LogP contribution < -0.4 is 20.7 Å². The molecule has 2 aliphatic heterocycles. The Morgan fingerprint density at radius 1 is 1.24 bits per heavy atom. The minimum absolute atomic E-state index is 0.160. The van der Waals surface area contributed by atoms with Gasteiger partial charge < -0.3 is 20.1 Å². The molecular formula is C26H36N6O2. The molecule has 2 aromatic heterocycles. The van der Waals surface area contributed by atoms with Crippen molar-refractivity contribution < 1.29 is 4.79 Å². The Morgan fingerprint density at radius 2 is 2.03 bits per heavy atom. The fraction of sp³-hybridized carbons (Fsp3) is 0.615. The molecule has 3 fully saturated rings. The number of carbonyl (C=O) groups is 1. The lowest BCUT2D eigenvalue weighted by molar-refractivity contribution is 0.0945. The van der Waals surface area contributed by atoms with Crippen LogP contribution in [-0.2, 0) is 6.54 Å². The molecule has 2 N–H and O–H groups in total. The molecule has 1 saturated carbocycles. The van der Waals surface area contributed by atoms with E-state index >= 15 is 0 Å². The van der Waals surface area contributed by atoms with Crippen molar-refractivity contribution in [3.8, 4) is 0 Å². The van der Waals surface area contributed by atoms with Gasteiger partial charge in [0.1, 0.15) is 11.5 Å². The van der Waals surface area contributed by atoms with E-state index in [-0.39, 0.29) is 18.0 Å². The van der Waals surface area contributed by atoms with Crippen LogP contribution in [-0.4, -0.2) is 45.5 Å². The maximum absolute atomic E-state index is 13.4. The molecule has 3 aliphatic rings. The number of H-pyrrole nitrogens is 1. The number of pyridine rings is 1. The van der Waals surface area contributed by atoms with Gasteiger partial charge in [0.15, 0.2) is 0 Å². The van der Waals surface area contributed by atoms with Crippen molar-refractivity contribution in [2.75, 3.05) is 16.3 Å². The number of hydrogen-bond donors (Lipinski definition) is 2. The molecule has 8 heteroatoms. The third-order valence-electron chi connectivity index (χ3n) is 7.98. The summed E-state index contributed by atoms with van der Waals surface area (Å²) in [6, 6.07) is 3.25. The highest BCUT2D eigenvalue weighted by atomic mass is 16.2. The number of fused-ring (bicyclic) bond motifs is 1. The number of hydrogen-bond acceptors (Lipinski definition) is 6. The lowest BCUT2D eigenvalue weighted by Gasteiger charge is -2.30. The molecule has 0 aromatic carbocycles. The van der Waals surface area contributed by atoms with Gasteiger partial charge in [-0.05, 0) is 77.3 Å². The minimum atomic E-state index is -0.256. The van der Waals surface area contributed by atoms with E-state index in [1.807, 2.05) is 26.8 Å². The molecule has 2 saturated heterocycles. The van der Waals surface area contributed by atoms with Crippen molar-refractivity contribution >= 4 is 17.7 Å². The van der Waals surface area contributed by atoms with E-state index in [0.29, 0.717) is 35.3 Å². The number of rotatable bonds is 6. The van der Waals surface area contributed by atoms with E-state index in [1.54, 1.807) is 0 Å². The zero-order valence-electron chi connectivity index (χ0n) is 20.9. The number of anilines is 2. The van der Waals surface area contributed by atoms with Crippen LogP contribution in [0.4, 0.5) is 11.8 Å². The second-order valence-electron chi connectivity index (χ2n) is 10.4. The first kappa shape index (κ1) is 22.9. The fourth-order valence-corrected chi connectivity index (χ4v) is 5.95. The van der Waals surface area contributed by atoms with Gasteiger partial charge in [-0.15, -0.1) is 0 Å². The van der Waals surface area contributed by atoms with E-state index in [2.05, 4.69) is 33.9 Å². The summed E-state index contributed by atoms with van der Waals surface area (Å²) >= 11 is 0. The summed E-state index contributed by atoms with van der Waals surface area (Å²) in [5.41, 5.74) is 3.32. The summed E-state index contributed by atoms with van der Waals surface area (Å²) in [6.07, 6.45) is 5.69. The van der Waals surface area contributed by atoms with Gasteiger partial charge in [-0.25, -0.2) is 4.98 Å². The van der Waals surface area contributed by atoms with Gasteiger partial charge in [0.05, 0.1) is 0 Å². The highest BCUT2D eigenvalue weighted by molar-refractivity contribution is 5.95. The molecule has 8 nitrogen and oxygen atoms in total. The molecule has 0 radical (unpaired) electrons. The molecule has 34 heavy (non-hydrogen) atoms. The van der Waals surface area contributed by atoms with Gasteiger partial charge >= 0.3 is 0 Å². The van der Waals surface area contributed by atoms with Crippen molar-refractivity contribution in [2.24, 2.45) is 5.92 Å². The second-order valence-corrected chi connectivity index (χ2v) is 10.4. The summed E-state index contributed by atoms with van der Waals surface area (Å²) in [7, 11) is 0. The Balaban J connectivity index is 1.49. The predicted molar refractivity (Wildman–Crippen MR) is 134 cm³/mol. The predicted octanol–water partition coefficient (Wildman–Crippen LogP) is 3.39. The number of aromatic nitrogens is 3. The SMILES string of the molecule is CC[C@H]1CC2C[C@@H]2N1c1nc(C(=O)NCc2c(C)cc(C)[nH]c2=O)c(C)c(N2CCC[C@@H]2C)n1. The minimum Gasteiger partial charge on any atom is -0.354 e. The number of aromatic amines is 1. The van der Waals surface area contributed by atoms with E-state index in [4.69, 9.17) is 9.97 Å². The third-order valence-corrected chi connectivity index (χ3v) is 7.98. The smallest absolute Gasteiger partial charge is 0.270 e. The van der Waals surface area contributed by atoms with Gasteiger partial charge in [-0.2, -0.15) is 4.98 Å². The monoisotopic (exact) mass is 464 g/mol. The summed E-state index contributed by atoms with van der Waals surface area (Å²) in [6.45, 7) is 11.3. The van der Waals surface area contributed by atoms with E-state index < -0.39 is 0 Å². The molecule has 0 bridgehead atoms. The van der Waals surface area contributed by atoms with Crippen LogP contribution in [0.25, 0.3) is 0 Å². The average molecular weight is 465 g/mol. The van der Waals surface area contributed by atoms with Gasteiger partial charge in [0, 0.05) is 48.0 Å². The number of amides is 1. The highest BCUT2D eigenvalue weighted by Crippen LogP contribution is 2.50. The van der Waals surface area contributed by atoms with Crippen molar-refractivity contribution in [1.82, 2.24) is 20.3 Å². The van der Waals surface area contributed by atoms with Crippen LogP contribution in [0.3, 0.4) is 0 Å². The van der Waals surface area contributed by atoms with E-state index in [1.165, 1.54) is 12.8 Å². The van der Waals surface area contributed by atoms with Crippen molar-refractivity contribution in [1.29, 1.82) is 0 Å². The highest BCUT2D eigenvalue weighted by Gasteiger charge is 2.52. The maximum atomic E-state index is 13.4. The Morgan fingerprint density at radius 3 is 2.71 bits per heavy atom. The Labute approximate surface area is 201 Å². The first-order valence-corrected chi connectivity index (χ1v) is 12.7. The van der Waals surface area contributed by atoms with E-state index in [0.717, 1.165) is 54.4 Å². The number of piperidine rings is 1. The number of aryl methyl sites for hydroxylation is 2. The first-order chi connectivity index (χ1) is 16.3. The molecule has 5 rings (SSSR count). The Bertz CT molecular complexity index is 1170. The summed E-state index contributed by atoms with van der Waals surface area (Å²) in [5, 5.41) is 2.96. The lowest BCUT2D eigenvalue weighted by atomic mass is 10.1. The standard InChI is InChI=1S/C26H36N6O2/c1-6-19-11-18-12-21(18)32(19)26-29-22(17(5)23(30-26)31-9-7-8-16(31)4)25(34)27-13-20-14(2)10-15(3)28-24(20)33/h10,16,18-19,21H,6-9,11-13H2,1-5H3,(H,27,34)(H,28,33)/t16-,18?,19-,21-/m0/s1. The first-order valence-electron chi connectivity index (χ1n) is 12.7. The third kappa shape index (κ3) is 3.97. The van der Waals surface area contributed by atoms with Crippen LogP contribution in [0.2, 0.25) is 0 Å². The topological polar surface area (TPSA) is 94.2 Å². The van der Waals surface area contributed by atoms with Gasteiger partial charge in [0.25, 0.3) is 11.5 Å². The second kappa shape index (κ2) is 8.71. The molecule has 4 heterocycles. The van der Waals surface area contributed by atoms with Crippen LogP contribution >= 0.6 is 0 Å². The molecule has 2 aromatic rings. The normalized spacial score (nSPS) is 25.6. The van der Waals surface area contributed by atoms with Crippen LogP contribution in [0, 0.1) is 26.7 Å². The van der Waals surface area contributed by atoms with Gasteiger partial charge in [0.2, 0.25) is 5.95 Å². The molecule has 1 aliphatic carbocycles.